The maximum atomic E-state index is 10.0. The van der Waals surface area contributed by atoms with Crippen molar-refractivity contribution >= 4 is 6.08 Å². The molecule has 0 aromatic heterocycles. The number of isocyanates is 1. The van der Waals surface area contributed by atoms with Crippen LogP contribution in [-0.4, -0.2) is 12.6 Å². The molecule has 1 aromatic rings. The molecular formula is C13H15NO. The number of hydrogen-bond acceptors (Lipinski definition) is 2. The molecule has 1 unspecified atom stereocenters. The molecule has 0 aliphatic heterocycles. The van der Waals surface area contributed by atoms with Gasteiger partial charge in [0.2, 0.25) is 6.08 Å². The summed E-state index contributed by atoms with van der Waals surface area (Å²) in [6, 6.07) is 8.62. The average molecular weight is 201 g/mol. The highest BCUT2D eigenvalue weighted by Crippen LogP contribution is 2.33. The summed E-state index contributed by atoms with van der Waals surface area (Å²) < 4.78 is 0. The first-order valence-corrected chi connectivity index (χ1v) is 5.53. The number of hydrogen-bond donors (Lipinski definition) is 0. The molecule has 15 heavy (non-hydrogen) atoms. The maximum Gasteiger partial charge on any atom is 0.234 e. The van der Waals surface area contributed by atoms with Crippen molar-refractivity contribution in [2.24, 2.45) is 4.99 Å². The van der Waals surface area contributed by atoms with Crippen LogP contribution in [0, 0.1) is 0 Å². The van der Waals surface area contributed by atoms with Crippen molar-refractivity contribution in [2.75, 3.05) is 6.54 Å². The van der Waals surface area contributed by atoms with E-state index >= 15 is 0 Å². The van der Waals surface area contributed by atoms with Gasteiger partial charge in [-0.1, -0.05) is 24.3 Å². The molecule has 78 valence electrons. The Morgan fingerprint density at radius 2 is 2.27 bits per heavy atom. The van der Waals surface area contributed by atoms with Crippen molar-refractivity contribution in [3.8, 4) is 0 Å². The fraction of sp³-hybridized carbons (Fsp3) is 0.462. The largest absolute Gasteiger partial charge is 0.234 e. The lowest BCUT2D eigenvalue weighted by molar-refractivity contribution is 0.522. The Bertz CT molecular complexity index is 380. The van der Waals surface area contributed by atoms with Gasteiger partial charge in [0.1, 0.15) is 0 Å². The minimum absolute atomic E-state index is 0.590. The topological polar surface area (TPSA) is 29.4 Å². The van der Waals surface area contributed by atoms with Crippen LogP contribution in [0.4, 0.5) is 0 Å². The minimum Gasteiger partial charge on any atom is -0.211 e. The van der Waals surface area contributed by atoms with Crippen LogP contribution in [-0.2, 0) is 11.2 Å². The summed E-state index contributed by atoms with van der Waals surface area (Å²) in [5, 5.41) is 0. The summed E-state index contributed by atoms with van der Waals surface area (Å²) in [6.45, 7) is 0.614. The van der Waals surface area contributed by atoms with Crippen LogP contribution in [0.3, 0.4) is 0 Å². The van der Waals surface area contributed by atoms with Crippen molar-refractivity contribution in [1.82, 2.24) is 0 Å². The third-order valence-electron chi connectivity index (χ3n) is 3.15. The van der Waals surface area contributed by atoms with E-state index in [1.807, 2.05) is 0 Å². The fourth-order valence-corrected chi connectivity index (χ4v) is 2.42. The third-order valence-corrected chi connectivity index (χ3v) is 3.15. The zero-order chi connectivity index (χ0) is 10.5. The average Bonchev–Trinajstić information content (AvgIpc) is 2.30. The number of fused-ring (bicyclic) bond motifs is 1. The lowest BCUT2D eigenvalue weighted by Gasteiger charge is -2.24. The molecule has 0 heterocycles. The molecule has 0 saturated heterocycles. The van der Waals surface area contributed by atoms with E-state index < -0.39 is 0 Å². The molecule has 1 aromatic carbocycles. The van der Waals surface area contributed by atoms with E-state index in [2.05, 4.69) is 29.3 Å². The molecule has 1 aliphatic carbocycles. The first-order valence-electron chi connectivity index (χ1n) is 5.53. The van der Waals surface area contributed by atoms with Crippen LogP contribution >= 0.6 is 0 Å². The monoisotopic (exact) mass is 201 g/mol. The van der Waals surface area contributed by atoms with Gasteiger partial charge in [-0.3, -0.25) is 0 Å². The standard InChI is InChI=1S/C13H15NO/c15-10-14-9-8-12-6-3-5-11-4-1-2-7-13(11)12/h1-2,4,7,12H,3,5-6,8-9H2. The lowest BCUT2D eigenvalue weighted by atomic mass is 9.81. The highest BCUT2D eigenvalue weighted by Gasteiger charge is 2.18. The number of rotatable bonds is 3. The number of nitrogens with zero attached hydrogens (tertiary/aromatic N) is 1. The van der Waals surface area contributed by atoms with E-state index in [1.165, 1.54) is 30.4 Å². The zero-order valence-electron chi connectivity index (χ0n) is 8.78. The Hall–Kier alpha value is -1.40. The normalized spacial score (nSPS) is 19.1. The molecule has 0 spiro atoms. The summed E-state index contributed by atoms with van der Waals surface area (Å²) in [4.78, 5) is 13.6. The van der Waals surface area contributed by atoms with Crippen LogP contribution < -0.4 is 0 Å². The molecule has 2 nitrogen and oxygen atoms in total. The molecule has 0 fully saturated rings. The molecule has 0 bridgehead atoms. The van der Waals surface area contributed by atoms with Crippen molar-refractivity contribution in [2.45, 2.75) is 31.6 Å². The van der Waals surface area contributed by atoms with Crippen molar-refractivity contribution in [3.05, 3.63) is 35.4 Å². The molecule has 0 saturated carbocycles. The van der Waals surface area contributed by atoms with E-state index in [4.69, 9.17) is 0 Å². The second-order valence-corrected chi connectivity index (χ2v) is 4.05. The van der Waals surface area contributed by atoms with E-state index in [0.717, 1.165) is 6.42 Å². The predicted octanol–water partition coefficient (Wildman–Crippen LogP) is 2.83. The third kappa shape index (κ3) is 2.34. The fourth-order valence-electron chi connectivity index (χ4n) is 2.42. The summed E-state index contributed by atoms with van der Waals surface area (Å²) >= 11 is 0. The minimum atomic E-state index is 0.590. The maximum absolute atomic E-state index is 10.0. The van der Waals surface area contributed by atoms with Gasteiger partial charge in [-0.05, 0) is 42.7 Å². The molecule has 0 amide bonds. The Morgan fingerprint density at radius 1 is 1.40 bits per heavy atom. The van der Waals surface area contributed by atoms with Gasteiger partial charge in [-0.2, -0.15) is 0 Å². The molecule has 0 N–H and O–H groups in total. The highest BCUT2D eigenvalue weighted by atomic mass is 16.1. The number of benzene rings is 1. The molecular weight excluding hydrogens is 186 g/mol. The van der Waals surface area contributed by atoms with Gasteiger partial charge >= 0.3 is 0 Å². The summed E-state index contributed by atoms with van der Waals surface area (Å²) in [5.74, 6) is 0.590. The van der Waals surface area contributed by atoms with Gasteiger partial charge in [0, 0.05) is 0 Å². The molecule has 1 atom stereocenters. The van der Waals surface area contributed by atoms with Crippen LogP contribution in [0.25, 0.3) is 0 Å². The molecule has 0 radical (unpaired) electrons. The summed E-state index contributed by atoms with van der Waals surface area (Å²) in [6.07, 6.45) is 6.27. The van der Waals surface area contributed by atoms with E-state index in [9.17, 15) is 4.79 Å². The van der Waals surface area contributed by atoms with Gasteiger partial charge in [-0.15, -0.1) is 0 Å². The summed E-state index contributed by atoms with van der Waals surface area (Å²) in [7, 11) is 0. The van der Waals surface area contributed by atoms with Gasteiger partial charge in [0.05, 0.1) is 6.54 Å². The first kappa shape index (κ1) is 10.1. The molecule has 1 aliphatic rings. The van der Waals surface area contributed by atoms with E-state index in [1.54, 1.807) is 6.08 Å². The number of aliphatic imine (C=N–C) groups is 1. The van der Waals surface area contributed by atoms with Crippen LogP contribution in [0.1, 0.15) is 36.3 Å². The lowest BCUT2D eigenvalue weighted by Crippen LogP contribution is -2.10. The number of carbonyl (C=O) groups excluding carboxylic acids is 1. The second-order valence-electron chi connectivity index (χ2n) is 4.05. The zero-order valence-corrected chi connectivity index (χ0v) is 8.78. The SMILES string of the molecule is O=C=NCCC1CCCc2ccccc21. The smallest absolute Gasteiger partial charge is 0.211 e. The highest BCUT2D eigenvalue weighted by molar-refractivity contribution is 5.34. The Morgan fingerprint density at radius 3 is 3.13 bits per heavy atom. The van der Waals surface area contributed by atoms with Crippen molar-refractivity contribution < 1.29 is 4.79 Å². The molecule has 2 rings (SSSR count). The van der Waals surface area contributed by atoms with E-state index in [-0.39, 0.29) is 0 Å². The second kappa shape index (κ2) is 4.90. The van der Waals surface area contributed by atoms with Crippen LogP contribution in [0.5, 0.6) is 0 Å². The van der Waals surface area contributed by atoms with Gasteiger partial charge in [0.15, 0.2) is 0 Å². The number of aryl methyl sites for hydroxylation is 1. The Labute approximate surface area is 90.0 Å². The quantitative estimate of drug-likeness (QED) is 0.546. The van der Waals surface area contributed by atoms with E-state index in [0.29, 0.717) is 12.5 Å². The Kier molecular flexibility index (Phi) is 3.31. The molecule has 2 heteroatoms. The Balaban J connectivity index is 2.11. The van der Waals surface area contributed by atoms with Crippen LogP contribution in [0.2, 0.25) is 0 Å². The van der Waals surface area contributed by atoms with Crippen molar-refractivity contribution in [3.63, 3.8) is 0 Å². The van der Waals surface area contributed by atoms with Gasteiger partial charge < -0.3 is 0 Å². The van der Waals surface area contributed by atoms with Crippen molar-refractivity contribution in [1.29, 1.82) is 0 Å². The van der Waals surface area contributed by atoms with Gasteiger partial charge in [0.25, 0.3) is 0 Å². The summed E-state index contributed by atoms with van der Waals surface area (Å²) in [5.41, 5.74) is 2.94. The van der Waals surface area contributed by atoms with Crippen LogP contribution in [0.15, 0.2) is 29.3 Å². The first-order chi connectivity index (χ1) is 7.42. The predicted molar refractivity (Wildman–Crippen MR) is 59.7 cm³/mol. The van der Waals surface area contributed by atoms with Gasteiger partial charge in [-0.25, -0.2) is 9.79 Å².